The highest BCUT2D eigenvalue weighted by molar-refractivity contribution is 6.30. The van der Waals surface area contributed by atoms with Gasteiger partial charge in [0.25, 0.3) is 5.91 Å². The number of carbonyl (C=O) groups excluding carboxylic acids is 2. The van der Waals surface area contributed by atoms with Crippen LogP contribution in [0.4, 0.5) is 5.82 Å². The molecule has 2 aromatic heterocycles. The number of piperidine rings is 1. The standard InChI is InChI=1S/C27H26ClN7O3/c1-14(17-8-24(38-2)25(30-11-17)34-12-18-7-22(18)27(34)37)35-13-23(32-33-35)26(36)31-20-5-16(6-20)21-9-19(28)4-3-15(21)10-29/h3-4,8-9,11,13-14,16,18,20,22H,5-7,12H2,1-2H3,(H,31,36)/t14-,16?,18-,20?,22-/m1/s1. The van der Waals surface area contributed by atoms with Crippen LogP contribution in [0.2, 0.25) is 5.02 Å². The molecule has 194 valence electrons. The third kappa shape index (κ3) is 4.27. The van der Waals surface area contributed by atoms with Gasteiger partial charge in [-0.05, 0) is 73.4 Å². The summed E-state index contributed by atoms with van der Waals surface area (Å²) < 4.78 is 7.17. The quantitative estimate of drug-likeness (QED) is 0.494. The maximum Gasteiger partial charge on any atom is 0.273 e. The molecule has 3 fully saturated rings. The van der Waals surface area contributed by atoms with Gasteiger partial charge in [0.05, 0.1) is 31.0 Å². The van der Waals surface area contributed by atoms with Crippen molar-refractivity contribution in [2.24, 2.45) is 11.8 Å². The Hall–Kier alpha value is -3.97. The Morgan fingerprint density at radius 1 is 1.29 bits per heavy atom. The van der Waals surface area contributed by atoms with Crippen LogP contribution in [0, 0.1) is 23.2 Å². The minimum atomic E-state index is -0.296. The highest BCUT2D eigenvalue weighted by Gasteiger charge is 2.53. The maximum absolute atomic E-state index is 12.8. The van der Waals surface area contributed by atoms with Gasteiger partial charge in [-0.1, -0.05) is 16.8 Å². The van der Waals surface area contributed by atoms with Crippen LogP contribution in [0.1, 0.15) is 65.3 Å². The molecule has 11 heteroatoms. The number of pyridine rings is 1. The number of amides is 2. The summed E-state index contributed by atoms with van der Waals surface area (Å²) in [6.07, 6.45) is 5.74. The van der Waals surface area contributed by atoms with Gasteiger partial charge in [0.1, 0.15) is 0 Å². The number of aromatic nitrogens is 4. The van der Waals surface area contributed by atoms with Gasteiger partial charge in [0.2, 0.25) is 5.91 Å². The summed E-state index contributed by atoms with van der Waals surface area (Å²) in [5.41, 5.74) is 2.57. The van der Waals surface area contributed by atoms with Crippen LogP contribution < -0.4 is 15.0 Å². The fourth-order valence-electron chi connectivity index (χ4n) is 5.45. The maximum atomic E-state index is 12.8. The van der Waals surface area contributed by atoms with E-state index in [1.807, 2.05) is 19.1 Å². The van der Waals surface area contributed by atoms with Gasteiger partial charge >= 0.3 is 0 Å². The zero-order valence-electron chi connectivity index (χ0n) is 21.0. The molecule has 3 atom stereocenters. The Morgan fingerprint density at radius 3 is 2.82 bits per heavy atom. The second-order valence-electron chi connectivity index (χ2n) is 10.3. The van der Waals surface area contributed by atoms with Crippen molar-refractivity contribution in [3.05, 3.63) is 64.1 Å². The van der Waals surface area contributed by atoms with Gasteiger partial charge in [-0.15, -0.1) is 5.10 Å². The van der Waals surface area contributed by atoms with Crippen molar-refractivity contribution in [3.63, 3.8) is 0 Å². The molecular weight excluding hydrogens is 506 g/mol. The lowest BCUT2D eigenvalue weighted by Gasteiger charge is -2.36. The largest absolute Gasteiger partial charge is 0.493 e. The third-order valence-corrected chi connectivity index (χ3v) is 8.16. The highest BCUT2D eigenvalue weighted by Crippen LogP contribution is 2.48. The van der Waals surface area contributed by atoms with Crippen molar-refractivity contribution in [2.75, 3.05) is 18.6 Å². The zero-order chi connectivity index (χ0) is 26.6. The van der Waals surface area contributed by atoms with E-state index in [-0.39, 0.29) is 41.4 Å². The third-order valence-electron chi connectivity index (χ3n) is 7.92. The molecule has 3 aromatic rings. The molecule has 2 amide bonds. The average molecular weight is 532 g/mol. The minimum absolute atomic E-state index is 0.0130. The monoisotopic (exact) mass is 531 g/mol. The zero-order valence-corrected chi connectivity index (χ0v) is 21.7. The van der Waals surface area contributed by atoms with Gasteiger partial charge in [0, 0.05) is 29.7 Å². The fraction of sp³-hybridized carbons (Fsp3) is 0.407. The van der Waals surface area contributed by atoms with Crippen molar-refractivity contribution in [1.82, 2.24) is 25.3 Å². The molecule has 0 spiro atoms. The molecule has 3 heterocycles. The van der Waals surface area contributed by atoms with Crippen molar-refractivity contribution in [1.29, 1.82) is 5.26 Å². The molecule has 1 saturated heterocycles. The fourth-order valence-corrected chi connectivity index (χ4v) is 5.63. The number of methoxy groups -OCH3 is 1. The average Bonchev–Trinajstić information content (AvgIpc) is 3.36. The number of nitrogens with one attached hydrogen (secondary N) is 1. The molecule has 3 aliphatic rings. The van der Waals surface area contributed by atoms with Crippen molar-refractivity contribution < 1.29 is 14.3 Å². The number of anilines is 1. The lowest BCUT2D eigenvalue weighted by molar-refractivity contribution is -0.118. The summed E-state index contributed by atoms with van der Waals surface area (Å²) in [7, 11) is 1.56. The van der Waals surface area contributed by atoms with Gasteiger partial charge in [0.15, 0.2) is 17.3 Å². The smallest absolute Gasteiger partial charge is 0.273 e. The van der Waals surface area contributed by atoms with E-state index in [1.165, 1.54) is 0 Å². The normalized spacial score (nSPS) is 24.3. The van der Waals surface area contributed by atoms with Crippen LogP contribution in [0.25, 0.3) is 0 Å². The lowest BCUT2D eigenvalue weighted by atomic mass is 9.74. The second-order valence-corrected chi connectivity index (χ2v) is 10.7. The first kappa shape index (κ1) is 24.4. The number of benzene rings is 1. The molecule has 2 aliphatic carbocycles. The summed E-state index contributed by atoms with van der Waals surface area (Å²) >= 11 is 6.12. The number of hydrogen-bond acceptors (Lipinski definition) is 7. The molecular formula is C27H26ClN7O3. The van der Waals surface area contributed by atoms with E-state index in [1.54, 1.807) is 41.2 Å². The van der Waals surface area contributed by atoms with Crippen LogP contribution in [0.5, 0.6) is 5.75 Å². The predicted octanol–water partition coefficient (Wildman–Crippen LogP) is 3.47. The van der Waals surface area contributed by atoms with E-state index in [0.717, 1.165) is 30.4 Å². The molecule has 10 nitrogen and oxygen atoms in total. The molecule has 38 heavy (non-hydrogen) atoms. The van der Waals surface area contributed by atoms with Gasteiger partial charge in [-0.3, -0.25) is 14.5 Å². The number of hydrogen-bond donors (Lipinski definition) is 1. The van der Waals surface area contributed by atoms with Crippen LogP contribution in [0.3, 0.4) is 0 Å². The number of nitriles is 1. The Morgan fingerprint density at radius 2 is 2.11 bits per heavy atom. The Bertz CT molecular complexity index is 1480. The van der Waals surface area contributed by atoms with E-state index in [0.29, 0.717) is 34.6 Å². The Kier molecular flexibility index (Phi) is 6.03. The van der Waals surface area contributed by atoms with Crippen molar-refractivity contribution in [2.45, 2.75) is 44.2 Å². The van der Waals surface area contributed by atoms with Crippen LogP contribution in [-0.2, 0) is 4.79 Å². The molecule has 0 radical (unpaired) electrons. The Balaban J connectivity index is 1.09. The van der Waals surface area contributed by atoms with E-state index >= 15 is 0 Å². The summed E-state index contributed by atoms with van der Waals surface area (Å²) in [4.78, 5) is 31.6. The van der Waals surface area contributed by atoms with E-state index < -0.39 is 0 Å². The summed E-state index contributed by atoms with van der Waals surface area (Å²) in [6.45, 7) is 2.61. The number of halogens is 1. The van der Waals surface area contributed by atoms with E-state index in [4.69, 9.17) is 16.3 Å². The Labute approximate surface area is 224 Å². The number of nitrogens with zero attached hydrogens (tertiary/aromatic N) is 6. The first-order valence-corrected chi connectivity index (χ1v) is 13.0. The summed E-state index contributed by atoms with van der Waals surface area (Å²) in [6, 6.07) is 9.07. The van der Waals surface area contributed by atoms with Gasteiger partial charge in [-0.2, -0.15) is 5.26 Å². The van der Waals surface area contributed by atoms with Crippen LogP contribution in [0.15, 0.2) is 36.7 Å². The first-order chi connectivity index (χ1) is 18.4. The summed E-state index contributed by atoms with van der Waals surface area (Å²) in [5, 5.41) is 21.2. The van der Waals surface area contributed by atoms with Gasteiger partial charge < -0.3 is 10.1 Å². The van der Waals surface area contributed by atoms with Crippen LogP contribution >= 0.6 is 11.6 Å². The predicted molar refractivity (Wildman–Crippen MR) is 138 cm³/mol. The van der Waals surface area contributed by atoms with E-state index in [2.05, 4.69) is 26.7 Å². The molecule has 0 bridgehead atoms. The number of fused-ring (bicyclic) bond motifs is 1. The molecule has 0 unspecified atom stereocenters. The topological polar surface area (TPSA) is 126 Å². The van der Waals surface area contributed by atoms with E-state index in [9.17, 15) is 14.9 Å². The highest BCUT2D eigenvalue weighted by atomic mass is 35.5. The van der Waals surface area contributed by atoms with Crippen LogP contribution in [-0.4, -0.2) is 51.5 Å². The van der Waals surface area contributed by atoms with Crippen molar-refractivity contribution >= 4 is 29.2 Å². The SMILES string of the molecule is COc1cc([C@@H](C)n2cc(C(=O)NC3CC(c4cc(Cl)ccc4C#N)C3)nn2)cnc1N1C[C@H]2C[C@H]2C1=O. The van der Waals surface area contributed by atoms with Crippen molar-refractivity contribution in [3.8, 4) is 11.8 Å². The molecule has 6 rings (SSSR count). The molecule has 1 N–H and O–H groups in total. The second kappa shape index (κ2) is 9.40. The number of rotatable bonds is 7. The summed E-state index contributed by atoms with van der Waals surface area (Å²) in [5.74, 6) is 1.64. The number of ether oxygens (including phenoxy) is 1. The molecule has 1 aromatic carbocycles. The van der Waals surface area contributed by atoms with Gasteiger partial charge in [-0.25, -0.2) is 9.67 Å². The minimum Gasteiger partial charge on any atom is -0.493 e. The molecule has 1 aliphatic heterocycles. The first-order valence-electron chi connectivity index (χ1n) is 12.6. The lowest BCUT2D eigenvalue weighted by Crippen LogP contribution is -2.43. The molecule has 2 saturated carbocycles. The number of carbonyl (C=O) groups is 2.